The van der Waals surface area contributed by atoms with Crippen molar-refractivity contribution >= 4 is 5.91 Å². The fourth-order valence-corrected chi connectivity index (χ4v) is 2.77. The maximum Gasteiger partial charge on any atom is 0.220 e. The van der Waals surface area contributed by atoms with Crippen LogP contribution in [0.1, 0.15) is 104 Å². The number of carbonyl (C=O) groups is 1. The normalized spacial score (nSPS) is 11.2. The lowest BCUT2D eigenvalue weighted by molar-refractivity contribution is -0.122. The first-order valence-electron chi connectivity index (χ1n) is 9.01. The van der Waals surface area contributed by atoms with Gasteiger partial charge in [-0.1, -0.05) is 90.9 Å². The molecule has 2 nitrogen and oxygen atoms in total. The second-order valence-corrected chi connectivity index (χ2v) is 6.21. The van der Waals surface area contributed by atoms with E-state index in [4.69, 9.17) is 5.73 Å². The molecule has 0 fully saturated rings. The minimum atomic E-state index is -0.0767. The zero-order valence-corrected chi connectivity index (χ0v) is 14.0. The van der Waals surface area contributed by atoms with E-state index in [2.05, 4.69) is 13.8 Å². The third-order valence-electron chi connectivity index (χ3n) is 4.21. The topological polar surface area (TPSA) is 43.1 Å². The van der Waals surface area contributed by atoms with E-state index in [1.165, 1.54) is 77.0 Å². The summed E-state index contributed by atoms with van der Waals surface area (Å²) in [6.45, 7) is 4.48. The lowest BCUT2D eigenvalue weighted by atomic mass is 9.93. The van der Waals surface area contributed by atoms with Crippen molar-refractivity contribution in [3.8, 4) is 0 Å². The van der Waals surface area contributed by atoms with Crippen molar-refractivity contribution in [2.45, 2.75) is 104 Å². The molecule has 0 bridgehead atoms. The Kier molecular flexibility index (Phi) is 14.5. The van der Waals surface area contributed by atoms with E-state index in [-0.39, 0.29) is 11.8 Å². The molecule has 0 atom stereocenters. The maximum absolute atomic E-state index is 11.5. The second kappa shape index (κ2) is 14.9. The van der Waals surface area contributed by atoms with Crippen LogP contribution in [0.2, 0.25) is 0 Å². The number of unbranched alkanes of at least 4 members (excludes halogenated alkanes) is 10. The fraction of sp³-hybridized carbons (Fsp3) is 0.944. The number of rotatable bonds is 15. The minimum absolute atomic E-state index is 0.0767. The Balaban J connectivity index is 3.53. The number of primary amides is 1. The number of amides is 1. The highest BCUT2D eigenvalue weighted by molar-refractivity contribution is 5.76. The van der Waals surface area contributed by atoms with Gasteiger partial charge >= 0.3 is 0 Å². The molecule has 2 N–H and O–H groups in total. The first-order chi connectivity index (χ1) is 9.72. The molecule has 0 aliphatic heterocycles. The molecule has 2 heteroatoms. The predicted octanol–water partition coefficient (Wildman–Crippen LogP) is 5.59. The summed E-state index contributed by atoms with van der Waals surface area (Å²) in [5, 5.41) is 0. The summed E-state index contributed by atoms with van der Waals surface area (Å²) < 4.78 is 0. The molecule has 1 amide bonds. The van der Waals surface area contributed by atoms with Gasteiger partial charge in [0.25, 0.3) is 0 Å². The van der Waals surface area contributed by atoms with Crippen LogP contribution in [-0.4, -0.2) is 5.91 Å². The molecular formula is C18H37NO. The van der Waals surface area contributed by atoms with Crippen molar-refractivity contribution in [1.29, 1.82) is 0 Å². The van der Waals surface area contributed by atoms with Gasteiger partial charge in [-0.15, -0.1) is 0 Å². The van der Waals surface area contributed by atoms with Crippen LogP contribution in [-0.2, 0) is 4.79 Å². The van der Waals surface area contributed by atoms with E-state index < -0.39 is 0 Å². The highest BCUT2D eigenvalue weighted by atomic mass is 16.1. The van der Waals surface area contributed by atoms with Crippen molar-refractivity contribution < 1.29 is 4.79 Å². The molecule has 0 aromatic heterocycles. The smallest absolute Gasteiger partial charge is 0.220 e. The van der Waals surface area contributed by atoms with Crippen molar-refractivity contribution in [3.05, 3.63) is 0 Å². The van der Waals surface area contributed by atoms with Gasteiger partial charge in [-0.05, 0) is 12.8 Å². The molecule has 0 saturated heterocycles. The van der Waals surface area contributed by atoms with Gasteiger partial charge in [0.2, 0.25) is 5.91 Å². The van der Waals surface area contributed by atoms with Gasteiger partial charge in [0.1, 0.15) is 0 Å². The number of hydrogen-bond acceptors (Lipinski definition) is 1. The lowest BCUT2D eigenvalue weighted by Gasteiger charge is -2.13. The molecule has 0 aliphatic carbocycles. The first-order valence-corrected chi connectivity index (χ1v) is 9.01. The van der Waals surface area contributed by atoms with Crippen LogP contribution in [0.15, 0.2) is 0 Å². The van der Waals surface area contributed by atoms with Crippen LogP contribution in [0.3, 0.4) is 0 Å². The molecule has 0 aliphatic rings. The molecule has 120 valence electrons. The second-order valence-electron chi connectivity index (χ2n) is 6.21. The SMILES string of the molecule is CCCCCCCCC(CCCCCCCC)C(N)=O. The first kappa shape index (κ1) is 19.5. The Morgan fingerprint density at radius 2 is 1.05 bits per heavy atom. The third kappa shape index (κ3) is 12.5. The van der Waals surface area contributed by atoms with Crippen LogP contribution < -0.4 is 5.73 Å². The molecule has 0 spiro atoms. The largest absolute Gasteiger partial charge is 0.369 e. The number of carbonyl (C=O) groups excluding carboxylic acids is 1. The summed E-state index contributed by atoms with van der Waals surface area (Å²) in [5.41, 5.74) is 5.52. The van der Waals surface area contributed by atoms with Crippen LogP contribution in [0, 0.1) is 5.92 Å². The van der Waals surface area contributed by atoms with Gasteiger partial charge in [-0.2, -0.15) is 0 Å². The molecule has 0 saturated carbocycles. The Morgan fingerprint density at radius 3 is 1.40 bits per heavy atom. The maximum atomic E-state index is 11.5. The van der Waals surface area contributed by atoms with Gasteiger partial charge in [0.15, 0.2) is 0 Å². The van der Waals surface area contributed by atoms with Gasteiger partial charge in [-0.25, -0.2) is 0 Å². The molecule has 0 heterocycles. The predicted molar refractivity (Wildman–Crippen MR) is 88.7 cm³/mol. The van der Waals surface area contributed by atoms with Crippen molar-refractivity contribution in [2.75, 3.05) is 0 Å². The van der Waals surface area contributed by atoms with Crippen LogP contribution in [0.4, 0.5) is 0 Å². The molecule has 0 aromatic carbocycles. The standard InChI is InChI=1S/C18H37NO/c1-3-5-7-9-11-13-15-17(18(19)20)16-14-12-10-8-6-4-2/h17H,3-16H2,1-2H3,(H2,19,20). The van der Waals surface area contributed by atoms with Gasteiger partial charge < -0.3 is 5.73 Å². The Morgan fingerprint density at radius 1 is 0.700 bits per heavy atom. The van der Waals surface area contributed by atoms with E-state index in [0.29, 0.717) is 0 Å². The zero-order valence-electron chi connectivity index (χ0n) is 14.0. The molecular weight excluding hydrogens is 246 g/mol. The van der Waals surface area contributed by atoms with Crippen molar-refractivity contribution in [3.63, 3.8) is 0 Å². The van der Waals surface area contributed by atoms with Crippen LogP contribution in [0.25, 0.3) is 0 Å². The quantitative estimate of drug-likeness (QED) is 0.391. The minimum Gasteiger partial charge on any atom is -0.369 e. The summed E-state index contributed by atoms with van der Waals surface area (Å²) in [5.74, 6) is 0.0551. The Bertz CT molecular complexity index is 199. The van der Waals surface area contributed by atoms with Crippen molar-refractivity contribution in [1.82, 2.24) is 0 Å². The molecule has 20 heavy (non-hydrogen) atoms. The molecule has 0 aromatic rings. The van der Waals surface area contributed by atoms with E-state index >= 15 is 0 Å². The lowest BCUT2D eigenvalue weighted by Crippen LogP contribution is -2.23. The van der Waals surface area contributed by atoms with Crippen LogP contribution in [0.5, 0.6) is 0 Å². The highest BCUT2D eigenvalue weighted by Crippen LogP contribution is 2.18. The summed E-state index contributed by atoms with van der Waals surface area (Å²) in [6, 6.07) is 0. The third-order valence-corrected chi connectivity index (χ3v) is 4.21. The molecule has 0 rings (SSSR count). The average Bonchev–Trinajstić information content (AvgIpc) is 2.43. The van der Waals surface area contributed by atoms with Gasteiger partial charge in [-0.3, -0.25) is 4.79 Å². The van der Waals surface area contributed by atoms with E-state index in [9.17, 15) is 4.79 Å². The van der Waals surface area contributed by atoms with E-state index in [0.717, 1.165) is 12.8 Å². The van der Waals surface area contributed by atoms with Gasteiger partial charge in [0, 0.05) is 5.92 Å². The number of hydrogen-bond donors (Lipinski definition) is 1. The summed E-state index contributed by atoms with van der Waals surface area (Å²) in [7, 11) is 0. The Labute approximate surface area is 126 Å². The molecule has 0 radical (unpaired) electrons. The summed E-state index contributed by atoms with van der Waals surface area (Å²) in [6.07, 6.45) is 17.5. The van der Waals surface area contributed by atoms with E-state index in [1.807, 2.05) is 0 Å². The Hall–Kier alpha value is -0.530. The van der Waals surface area contributed by atoms with E-state index in [1.54, 1.807) is 0 Å². The number of nitrogens with two attached hydrogens (primary N) is 1. The molecule has 0 unspecified atom stereocenters. The average molecular weight is 283 g/mol. The zero-order chi connectivity index (χ0) is 15.1. The summed E-state index contributed by atoms with van der Waals surface area (Å²) >= 11 is 0. The van der Waals surface area contributed by atoms with Crippen molar-refractivity contribution in [2.24, 2.45) is 11.7 Å². The fourth-order valence-electron chi connectivity index (χ4n) is 2.77. The summed E-state index contributed by atoms with van der Waals surface area (Å²) in [4.78, 5) is 11.5. The van der Waals surface area contributed by atoms with Gasteiger partial charge in [0.05, 0.1) is 0 Å². The monoisotopic (exact) mass is 283 g/mol. The highest BCUT2D eigenvalue weighted by Gasteiger charge is 2.14. The van der Waals surface area contributed by atoms with Crippen LogP contribution >= 0.6 is 0 Å².